The molecule has 1 aliphatic heterocycles. The molecule has 1 aromatic carbocycles. The molecule has 2 heteroatoms. The highest BCUT2D eigenvalue weighted by atomic mass is 16.1. The number of fused-ring (bicyclic) bond motifs is 1. The van der Waals surface area contributed by atoms with Crippen LogP contribution in [0.15, 0.2) is 24.3 Å². The van der Waals surface area contributed by atoms with E-state index < -0.39 is 0 Å². The van der Waals surface area contributed by atoms with Gasteiger partial charge >= 0.3 is 0 Å². The van der Waals surface area contributed by atoms with Crippen LogP contribution in [-0.4, -0.2) is 12.3 Å². The van der Waals surface area contributed by atoms with Crippen molar-refractivity contribution in [3.63, 3.8) is 0 Å². The minimum absolute atomic E-state index is 0.0750. The van der Waals surface area contributed by atoms with Crippen LogP contribution < -0.4 is 5.32 Å². The van der Waals surface area contributed by atoms with Gasteiger partial charge in [0.15, 0.2) is 5.78 Å². The fraction of sp³-hybridized carbons (Fsp3) is 0.533. The van der Waals surface area contributed by atoms with Crippen LogP contribution in [0.2, 0.25) is 0 Å². The number of ketones is 1. The third-order valence-electron chi connectivity index (χ3n) is 3.68. The van der Waals surface area contributed by atoms with Crippen molar-refractivity contribution >= 4 is 5.78 Å². The Kier molecular flexibility index (Phi) is 3.95. The van der Waals surface area contributed by atoms with Crippen LogP contribution in [0.5, 0.6) is 0 Å². The van der Waals surface area contributed by atoms with Crippen molar-refractivity contribution in [2.75, 3.05) is 6.54 Å². The summed E-state index contributed by atoms with van der Waals surface area (Å²) in [4.78, 5) is 12.3. The average molecular weight is 231 g/mol. The summed E-state index contributed by atoms with van der Waals surface area (Å²) in [6.45, 7) is 5.20. The Morgan fingerprint density at radius 2 is 2.24 bits per heavy atom. The zero-order valence-corrected chi connectivity index (χ0v) is 10.7. The van der Waals surface area contributed by atoms with Gasteiger partial charge in [0.1, 0.15) is 0 Å². The van der Waals surface area contributed by atoms with Gasteiger partial charge in [-0.2, -0.15) is 0 Å². The molecular formula is C15H21NO. The Morgan fingerprint density at radius 3 is 3.00 bits per heavy atom. The maximum absolute atomic E-state index is 12.3. The fourth-order valence-electron chi connectivity index (χ4n) is 2.40. The maximum Gasteiger partial charge on any atom is 0.154 e. The lowest BCUT2D eigenvalue weighted by Gasteiger charge is -2.26. The van der Waals surface area contributed by atoms with Crippen LogP contribution in [0.3, 0.4) is 0 Å². The maximum atomic E-state index is 12.3. The monoisotopic (exact) mass is 231 g/mol. The number of rotatable bonds is 4. The van der Waals surface area contributed by atoms with Crippen molar-refractivity contribution in [3.05, 3.63) is 35.4 Å². The predicted octanol–water partition coefficient (Wildman–Crippen LogP) is 2.88. The number of carbonyl (C=O) groups excluding carboxylic acids is 1. The number of Topliss-reactive ketones (excluding diaryl/α,β-unsaturated/α-hetero) is 1. The van der Waals surface area contributed by atoms with E-state index in [-0.39, 0.29) is 6.04 Å². The van der Waals surface area contributed by atoms with E-state index in [1.807, 2.05) is 6.07 Å². The molecule has 0 aliphatic carbocycles. The molecule has 0 spiro atoms. The van der Waals surface area contributed by atoms with Crippen molar-refractivity contribution in [1.29, 1.82) is 0 Å². The molecule has 2 rings (SSSR count). The first kappa shape index (κ1) is 12.3. The quantitative estimate of drug-likeness (QED) is 0.863. The third-order valence-corrected chi connectivity index (χ3v) is 3.68. The minimum Gasteiger partial charge on any atom is -0.303 e. The van der Waals surface area contributed by atoms with Crippen molar-refractivity contribution in [3.8, 4) is 0 Å². The number of carbonyl (C=O) groups is 1. The lowest BCUT2D eigenvalue weighted by molar-refractivity contribution is -0.122. The van der Waals surface area contributed by atoms with E-state index in [0.29, 0.717) is 18.1 Å². The zero-order chi connectivity index (χ0) is 12.3. The average Bonchev–Trinajstić information content (AvgIpc) is 2.37. The van der Waals surface area contributed by atoms with Crippen molar-refractivity contribution in [2.45, 2.75) is 39.2 Å². The minimum atomic E-state index is -0.0750. The number of nitrogens with one attached hydrogen (secondary N) is 1. The van der Waals surface area contributed by atoms with Gasteiger partial charge in [-0.1, -0.05) is 44.5 Å². The Hall–Kier alpha value is -1.15. The van der Waals surface area contributed by atoms with Crippen molar-refractivity contribution < 1.29 is 4.79 Å². The van der Waals surface area contributed by atoms with Crippen LogP contribution in [0.4, 0.5) is 0 Å². The van der Waals surface area contributed by atoms with Gasteiger partial charge in [-0.15, -0.1) is 0 Å². The van der Waals surface area contributed by atoms with Gasteiger partial charge in [-0.3, -0.25) is 4.79 Å². The molecule has 92 valence electrons. The van der Waals surface area contributed by atoms with Gasteiger partial charge in [-0.05, 0) is 23.5 Å². The van der Waals surface area contributed by atoms with Crippen LogP contribution in [0.1, 0.15) is 43.9 Å². The molecule has 1 aromatic rings. The molecule has 1 aliphatic rings. The van der Waals surface area contributed by atoms with E-state index in [1.165, 1.54) is 11.1 Å². The molecule has 2 nitrogen and oxygen atoms in total. The molecule has 2 unspecified atom stereocenters. The predicted molar refractivity (Wildman–Crippen MR) is 70.0 cm³/mol. The fourth-order valence-corrected chi connectivity index (χ4v) is 2.40. The van der Waals surface area contributed by atoms with E-state index in [4.69, 9.17) is 0 Å². The topological polar surface area (TPSA) is 29.1 Å². The van der Waals surface area contributed by atoms with Crippen molar-refractivity contribution in [1.82, 2.24) is 5.32 Å². The van der Waals surface area contributed by atoms with Crippen LogP contribution >= 0.6 is 0 Å². The molecule has 1 N–H and O–H groups in total. The van der Waals surface area contributed by atoms with E-state index in [0.717, 1.165) is 19.4 Å². The molecule has 1 heterocycles. The van der Waals surface area contributed by atoms with Gasteiger partial charge in [0.2, 0.25) is 0 Å². The first-order valence-corrected chi connectivity index (χ1v) is 6.56. The lowest BCUT2D eigenvalue weighted by atomic mass is 9.88. The molecule has 17 heavy (non-hydrogen) atoms. The Labute approximate surface area is 103 Å². The number of hydrogen-bond acceptors (Lipinski definition) is 2. The second-order valence-electron chi connectivity index (χ2n) is 5.02. The SMILES string of the molecule is CCC(C)CC(=O)C1NCCc2ccccc21. The van der Waals surface area contributed by atoms with E-state index >= 15 is 0 Å². The summed E-state index contributed by atoms with van der Waals surface area (Å²) in [6.07, 6.45) is 2.78. The largest absolute Gasteiger partial charge is 0.303 e. The van der Waals surface area contributed by atoms with Crippen LogP contribution in [0, 0.1) is 5.92 Å². The Bertz CT molecular complexity index is 400. The summed E-state index contributed by atoms with van der Waals surface area (Å²) in [5.74, 6) is 0.824. The van der Waals surface area contributed by atoms with Gasteiger partial charge in [0.05, 0.1) is 6.04 Å². The smallest absolute Gasteiger partial charge is 0.154 e. The lowest BCUT2D eigenvalue weighted by Crippen LogP contribution is -2.35. The van der Waals surface area contributed by atoms with E-state index in [1.54, 1.807) is 0 Å². The van der Waals surface area contributed by atoms with Crippen molar-refractivity contribution in [2.24, 2.45) is 5.92 Å². The molecule has 2 atom stereocenters. The third kappa shape index (κ3) is 2.75. The normalized spacial score (nSPS) is 20.7. The molecule has 0 aromatic heterocycles. The summed E-state index contributed by atoms with van der Waals surface area (Å²) in [6, 6.07) is 8.23. The van der Waals surface area contributed by atoms with Gasteiger partial charge in [-0.25, -0.2) is 0 Å². The van der Waals surface area contributed by atoms with E-state index in [9.17, 15) is 4.79 Å². The highest BCUT2D eigenvalue weighted by Crippen LogP contribution is 2.25. The molecule has 0 saturated carbocycles. The first-order chi connectivity index (χ1) is 8.22. The van der Waals surface area contributed by atoms with Gasteiger partial charge in [0, 0.05) is 13.0 Å². The summed E-state index contributed by atoms with van der Waals surface area (Å²) in [5, 5.41) is 3.35. The van der Waals surface area contributed by atoms with Gasteiger partial charge in [0.25, 0.3) is 0 Å². The summed E-state index contributed by atoms with van der Waals surface area (Å²) in [7, 11) is 0. The highest BCUT2D eigenvalue weighted by molar-refractivity contribution is 5.86. The molecule has 0 amide bonds. The summed E-state index contributed by atoms with van der Waals surface area (Å²) < 4.78 is 0. The Balaban J connectivity index is 2.15. The highest BCUT2D eigenvalue weighted by Gasteiger charge is 2.25. The van der Waals surface area contributed by atoms with E-state index in [2.05, 4.69) is 37.4 Å². The molecule has 0 saturated heterocycles. The number of hydrogen-bond donors (Lipinski definition) is 1. The number of benzene rings is 1. The van der Waals surface area contributed by atoms with Crippen LogP contribution in [-0.2, 0) is 11.2 Å². The second kappa shape index (κ2) is 5.46. The zero-order valence-electron chi connectivity index (χ0n) is 10.7. The molecular weight excluding hydrogens is 210 g/mol. The first-order valence-electron chi connectivity index (χ1n) is 6.56. The Morgan fingerprint density at radius 1 is 1.47 bits per heavy atom. The molecule has 0 bridgehead atoms. The summed E-state index contributed by atoms with van der Waals surface area (Å²) >= 11 is 0. The van der Waals surface area contributed by atoms with Gasteiger partial charge < -0.3 is 5.32 Å². The summed E-state index contributed by atoms with van der Waals surface area (Å²) in [5.41, 5.74) is 2.51. The van der Waals surface area contributed by atoms with Crippen LogP contribution in [0.25, 0.3) is 0 Å². The molecule has 0 radical (unpaired) electrons. The second-order valence-corrected chi connectivity index (χ2v) is 5.02. The molecule has 0 fully saturated rings. The standard InChI is InChI=1S/C15H21NO/c1-3-11(2)10-14(17)15-13-7-5-4-6-12(13)8-9-16-15/h4-7,11,15-16H,3,8-10H2,1-2H3.